The zero-order valence-electron chi connectivity index (χ0n) is 14.8. The van der Waals surface area contributed by atoms with Crippen LogP contribution in [0, 0.1) is 0 Å². The normalized spacial score (nSPS) is 10.0. The maximum Gasteiger partial charge on any atom is 0.253 e. The highest BCUT2D eigenvalue weighted by molar-refractivity contribution is 5.94. The maximum absolute atomic E-state index is 12.6. The van der Waals surface area contributed by atoms with Gasteiger partial charge in [0.15, 0.2) is 0 Å². The molecular weight excluding hydrogens is 318 g/mol. The van der Waals surface area contributed by atoms with E-state index in [-0.39, 0.29) is 5.91 Å². The number of ether oxygens (including phenoxy) is 3. The highest BCUT2D eigenvalue weighted by Crippen LogP contribution is 2.26. The molecule has 0 aliphatic heterocycles. The van der Waals surface area contributed by atoms with E-state index in [2.05, 4.69) is 6.58 Å². The van der Waals surface area contributed by atoms with Gasteiger partial charge in [-0.25, -0.2) is 0 Å². The topological polar surface area (TPSA) is 48.0 Å². The van der Waals surface area contributed by atoms with Crippen LogP contribution in [0.25, 0.3) is 0 Å². The summed E-state index contributed by atoms with van der Waals surface area (Å²) in [5.41, 5.74) is 1.51. The molecule has 0 spiro atoms. The number of hydrogen-bond donors (Lipinski definition) is 0. The molecule has 2 rings (SSSR count). The first-order valence-electron chi connectivity index (χ1n) is 7.89. The highest BCUT2D eigenvalue weighted by Gasteiger charge is 2.15. The van der Waals surface area contributed by atoms with Crippen molar-refractivity contribution in [1.29, 1.82) is 0 Å². The zero-order valence-corrected chi connectivity index (χ0v) is 14.8. The summed E-state index contributed by atoms with van der Waals surface area (Å²) in [5, 5.41) is 0. The number of hydrogen-bond acceptors (Lipinski definition) is 4. The fraction of sp³-hybridized carbons (Fsp3) is 0.250. The summed E-state index contributed by atoms with van der Waals surface area (Å²) in [6.45, 7) is 4.47. The van der Waals surface area contributed by atoms with Gasteiger partial charge in [-0.15, -0.1) is 0 Å². The van der Waals surface area contributed by atoms with Crippen molar-refractivity contribution in [3.8, 4) is 17.2 Å². The van der Waals surface area contributed by atoms with E-state index in [1.807, 2.05) is 12.1 Å². The third-order valence-corrected chi connectivity index (χ3v) is 3.72. The van der Waals surface area contributed by atoms with Gasteiger partial charge in [0.2, 0.25) is 0 Å². The van der Waals surface area contributed by atoms with E-state index in [1.165, 1.54) is 0 Å². The van der Waals surface area contributed by atoms with E-state index < -0.39 is 0 Å². The molecule has 0 atom stereocenters. The van der Waals surface area contributed by atoms with Crippen molar-refractivity contribution in [1.82, 2.24) is 4.90 Å². The molecule has 0 aliphatic carbocycles. The number of rotatable bonds is 8. The Balaban J connectivity index is 2.08. The fourth-order valence-electron chi connectivity index (χ4n) is 2.38. The Labute approximate surface area is 148 Å². The van der Waals surface area contributed by atoms with Crippen LogP contribution >= 0.6 is 0 Å². The summed E-state index contributed by atoms with van der Waals surface area (Å²) in [5.74, 6) is 2.03. The lowest BCUT2D eigenvalue weighted by Gasteiger charge is -2.19. The van der Waals surface area contributed by atoms with E-state index in [4.69, 9.17) is 14.2 Å². The molecule has 1 amide bonds. The first kappa shape index (κ1) is 18.4. The van der Waals surface area contributed by atoms with Gasteiger partial charge in [0.1, 0.15) is 23.9 Å². The number of amides is 1. The molecule has 5 nitrogen and oxygen atoms in total. The van der Waals surface area contributed by atoms with Crippen LogP contribution in [-0.2, 0) is 6.54 Å². The van der Waals surface area contributed by atoms with E-state index >= 15 is 0 Å². The summed E-state index contributed by atoms with van der Waals surface area (Å²) in [4.78, 5) is 14.2. The molecule has 25 heavy (non-hydrogen) atoms. The number of carbonyl (C=O) groups excluding carboxylic acids is 1. The Morgan fingerprint density at radius 1 is 1.08 bits per heavy atom. The molecule has 132 valence electrons. The van der Waals surface area contributed by atoms with Gasteiger partial charge in [-0.2, -0.15) is 0 Å². The largest absolute Gasteiger partial charge is 0.497 e. The molecule has 2 aromatic rings. The number of nitrogens with zero attached hydrogens (tertiary/aromatic N) is 1. The summed E-state index contributed by atoms with van der Waals surface area (Å²) in [7, 11) is 4.96. The van der Waals surface area contributed by atoms with Crippen LogP contribution in [0.3, 0.4) is 0 Å². The van der Waals surface area contributed by atoms with Gasteiger partial charge >= 0.3 is 0 Å². The molecule has 0 aliphatic rings. The van der Waals surface area contributed by atoms with E-state index in [9.17, 15) is 4.79 Å². The first-order valence-corrected chi connectivity index (χ1v) is 7.89. The molecule has 0 N–H and O–H groups in total. The van der Waals surface area contributed by atoms with Gasteiger partial charge in [0.05, 0.1) is 14.2 Å². The summed E-state index contributed by atoms with van der Waals surface area (Å²) >= 11 is 0. The summed E-state index contributed by atoms with van der Waals surface area (Å²) in [6.07, 6.45) is 1.68. The van der Waals surface area contributed by atoms with Crippen LogP contribution in [-0.4, -0.2) is 38.7 Å². The van der Waals surface area contributed by atoms with Crippen molar-refractivity contribution in [3.63, 3.8) is 0 Å². The van der Waals surface area contributed by atoms with Crippen molar-refractivity contribution in [2.24, 2.45) is 0 Å². The monoisotopic (exact) mass is 341 g/mol. The van der Waals surface area contributed by atoms with E-state index in [1.54, 1.807) is 62.6 Å². The number of benzene rings is 2. The fourth-order valence-corrected chi connectivity index (χ4v) is 2.38. The first-order chi connectivity index (χ1) is 12.1. The Bertz CT molecular complexity index is 725. The molecule has 0 radical (unpaired) electrons. The minimum Gasteiger partial charge on any atom is -0.497 e. The Hall–Kier alpha value is -2.95. The van der Waals surface area contributed by atoms with Gasteiger partial charge in [0.25, 0.3) is 5.91 Å². The van der Waals surface area contributed by atoms with Crippen LogP contribution in [0.4, 0.5) is 0 Å². The molecule has 0 bridgehead atoms. The lowest BCUT2D eigenvalue weighted by molar-refractivity contribution is 0.0784. The Morgan fingerprint density at radius 3 is 2.36 bits per heavy atom. The molecule has 0 fully saturated rings. The van der Waals surface area contributed by atoms with Crippen molar-refractivity contribution in [2.75, 3.05) is 27.9 Å². The average molecular weight is 341 g/mol. The lowest BCUT2D eigenvalue weighted by Crippen LogP contribution is -2.26. The molecule has 0 saturated carbocycles. The zero-order chi connectivity index (χ0) is 18.2. The minimum atomic E-state index is -0.0758. The summed E-state index contributed by atoms with van der Waals surface area (Å²) < 4.78 is 16.0. The van der Waals surface area contributed by atoms with Crippen LogP contribution in [0.5, 0.6) is 17.2 Å². The molecule has 0 heterocycles. The van der Waals surface area contributed by atoms with Gasteiger partial charge in [-0.05, 0) is 36.4 Å². The average Bonchev–Trinajstić information content (AvgIpc) is 2.66. The van der Waals surface area contributed by atoms with Crippen LogP contribution in [0.2, 0.25) is 0 Å². The SMILES string of the molecule is C=CCOc1ccc(C(=O)N(C)Cc2ccc(OC)cc2OC)cc1. The maximum atomic E-state index is 12.6. The van der Waals surface area contributed by atoms with Gasteiger partial charge < -0.3 is 19.1 Å². The Kier molecular flexibility index (Phi) is 6.46. The van der Waals surface area contributed by atoms with Gasteiger partial charge in [-0.3, -0.25) is 4.79 Å². The number of methoxy groups -OCH3 is 2. The second-order valence-electron chi connectivity index (χ2n) is 5.46. The quantitative estimate of drug-likeness (QED) is 0.689. The van der Waals surface area contributed by atoms with Gasteiger partial charge in [-0.1, -0.05) is 12.7 Å². The third kappa shape index (κ3) is 4.76. The van der Waals surface area contributed by atoms with Crippen molar-refractivity contribution >= 4 is 5.91 Å². The molecule has 5 heteroatoms. The second kappa shape index (κ2) is 8.78. The number of carbonyl (C=O) groups is 1. The smallest absolute Gasteiger partial charge is 0.253 e. The van der Waals surface area contributed by atoms with Crippen molar-refractivity contribution < 1.29 is 19.0 Å². The lowest BCUT2D eigenvalue weighted by atomic mass is 10.1. The van der Waals surface area contributed by atoms with Crippen molar-refractivity contribution in [3.05, 3.63) is 66.2 Å². The van der Waals surface area contributed by atoms with E-state index in [0.717, 1.165) is 5.56 Å². The molecule has 0 unspecified atom stereocenters. The van der Waals surface area contributed by atoms with Crippen LogP contribution in [0.1, 0.15) is 15.9 Å². The predicted molar refractivity (Wildman–Crippen MR) is 97.5 cm³/mol. The molecular formula is C20H23NO4. The third-order valence-electron chi connectivity index (χ3n) is 3.72. The van der Waals surface area contributed by atoms with Crippen LogP contribution < -0.4 is 14.2 Å². The minimum absolute atomic E-state index is 0.0758. The standard InChI is InChI=1S/C20H23NO4/c1-5-12-25-17-9-6-15(7-10-17)20(22)21(2)14-16-8-11-18(23-3)13-19(16)24-4/h5-11,13H,1,12,14H2,2-4H3. The Morgan fingerprint density at radius 2 is 1.76 bits per heavy atom. The second-order valence-corrected chi connectivity index (χ2v) is 5.46. The van der Waals surface area contributed by atoms with E-state index in [0.29, 0.717) is 36.0 Å². The van der Waals surface area contributed by atoms with Crippen molar-refractivity contribution in [2.45, 2.75) is 6.54 Å². The predicted octanol–water partition coefficient (Wildman–Crippen LogP) is 3.54. The molecule has 0 saturated heterocycles. The molecule has 0 aromatic heterocycles. The van der Waals surface area contributed by atoms with Gasteiger partial charge in [0, 0.05) is 30.8 Å². The molecule has 2 aromatic carbocycles. The summed E-state index contributed by atoms with van der Waals surface area (Å²) in [6, 6.07) is 12.6. The highest BCUT2D eigenvalue weighted by atomic mass is 16.5. The van der Waals surface area contributed by atoms with Crippen LogP contribution in [0.15, 0.2) is 55.1 Å².